The first-order valence-electron chi connectivity index (χ1n) is 9.24. The van der Waals surface area contributed by atoms with Crippen molar-refractivity contribution in [3.63, 3.8) is 0 Å². The number of aromatic nitrogens is 2. The number of carbonyl (C=O) groups is 1. The van der Waals surface area contributed by atoms with Crippen LogP contribution in [0.3, 0.4) is 0 Å². The first-order valence-corrected chi connectivity index (χ1v) is 9.24. The molecule has 3 heterocycles. The topological polar surface area (TPSA) is 66.7 Å². The number of likely N-dealkylation sites (tertiary alicyclic amines) is 1. The summed E-state index contributed by atoms with van der Waals surface area (Å²) in [7, 11) is 0. The number of hydrogen-bond acceptors (Lipinski definition) is 4. The van der Waals surface area contributed by atoms with E-state index >= 15 is 0 Å². The summed E-state index contributed by atoms with van der Waals surface area (Å²) in [5, 5.41) is 3.34. The predicted molar refractivity (Wildman–Crippen MR) is 96.6 cm³/mol. The maximum absolute atomic E-state index is 12.7. The number of anilines is 1. The Morgan fingerprint density at radius 3 is 2.84 bits per heavy atom. The van der Waals surface area contributed by atoms with E-state index in [-0.39, 0.29) is 17.5 Å². The molecule has 1 amide bonds. The van der Waals surface area contributed by atoms with Crippen LogP contribution in [-0.2, 0) is 4.79 Å². The van der Waals surface area contributed by atoms with Crippen molar-refractivity contribution in [1.29, 1.82) is 0 Å². The van der Waals surface area contributed by atoms with E-state index in [1.54, 1.807) is 6.20 Å². The molecule has 1 N–H and O–H groups in total. The van der Waals surface area contributed by atoms with E-state index in [0.717, 1.165) is 25.8 Å². The van der Waals surface area contributed by atoms with Crippen LogP contribution in [0.15, 0.2) is 35.3 Å². The van der Waals surface area contributed by atoms with E-state index in [1.807, 2.05) is 23.1 Å². The third-order valence-electron chi connectivity index (χ3n) is 5.38. The summed E-state index contributed by atoms with van der Waals surface area (Å²) in [6.45, 7) is 1.49. The zero-order valence-corrected chi connectivity index (χ0v) is 14.4. The fourth-order valence-corrected chi connectivity index (χ4v) is 4.02. The molecule has 2 aromatic heterocycles. The summed E-state index contributed by atoms with van der Waals surface area (Å²) >= 11 is 0. The number of rotatable bonds is 3. The van der Waals surface area contributed by atoms with E-state index in [9.17, 15) is 9.59 Å². The molecule has 1 atom stereocenters. The average molecular weight is 340 g/mol. The van der Waals surface area contributed by atoms with Gasteiger partial charge in [0.15, 0.2) is 0 Å². The van der Waals surface area contributed by atoms with Crippen LogP contribution < -0.4 is 10.9 Å². The van der Waals surface area contributed by atoms with Gasteiger partial charge in [-0.1, -0.05) is 25.3 Å². The van der Waals surface area contributed by atoms with Gasteiger partial charge in [0.05, 0.1) is 0 Å². The first kappa shape index (κ1) is 16.1. The molecular weight excluding hydrogens is 316 g/mol. The SMILES string of the molecule is O=C(C1CCCCC1)N1CCC(Nc2cc(=O)n3ccccc3n2)C1. The number of nitrogens with zero attached hydrogens (tertiary/aromatic N) is 3. The van der Waals surface area contributed by atoms with Crippen molar-refractivity contribution in [2.24, 2.45) is 5.92 Å². The monoisotopic (exact) mass is 340 g/mol. The van der Waals surface area contributed by atoms with Gasteiger partial charge in [-0.2, -0.15) is 0 Å². The number of hydrogen-bond donors (Lipinski definition) is 1. The fourth-order valence-electron chi connectivity index (χ4n) is 4.02. The molecule has 4 rings (SSSR count). The standard InChI is InChI=1S/C19H24N4O2/c24-18-12-16(21-17-8-4-5-10-23(17)18)20-15-9-11-22(13-15)19(25)14-6-2-1-3-7-14/h4-5,8,10,12,14-15,20H,1-3,6-7,9,11,13H2. The average Bonchev–Trinajstić information content (AvgIpc) is 3.10. The van der Waals surface area contributed by atoms with Gasteiger partial charge in [0.25, 0.3) is 5.56 Å². The van der Waals surface area contributed by atoms with E-state index in [4.69, 9.17) is 0 Å². The van der Waals surface area contributed by atoms with Gasteiger partial charge in [0.1, 0.15) is 11.5 Å². The molecule has 2 aliphatic rings. The minimum Gasteiger partial charge on any atom is -0.365 e. The summed E-state index contributed by atoms with van der Waals surface area (Å²) in [6.07, 6.45) is 8.31. The van der Waals surface area contributed by atoms with Crippen LogP contribution in [0.1, 0.15) is 38.5 Å². The Balaban J connectivity index is 1.42. The largest absolute Gasteiger partial charge is 0.365 e. The Morgan fingerprint density at radius 2 is 2.00 bits per heavy atom. The van der Waals surface area contributed by atoms with Gasteiger partial charge in [-0.3, -0.25) is 14.0 Å². The Bertz CT molecular complexity index is 826. The number of nitrogens with one attached hydrogen (secondary N) is 1. The second-order valence-corrected chi connectivity index (χ2v) is 7.16. The molecule has 2 fully saturated rings. The molecule has 2 aromatic rings. The molecule has 1 aliphatic heterocycles. The van der Waals surface area contributed by atoms with Crippen molar-refractivity contribution < 1.29 is 4.79 Å². The van der Waals surface area contributed by atoms with Gasteiger partial charge in [-0.15, -0.1) is 0 Å². The minimum atomic E-state index is -0.0961. The third kappa shape index (κ3) is 3.38. The molecule has 0 aromatic carbocycles. The number of amides is 1. The molecule has 0 spiro atoms. The molecule has 1 unspecified atom stereocenters. The highest BCUT2D eigenvalue weighted by Gasteiger charge is 2.31. The fraction of sp³-hybridized carbons (Fsp3) is 0.526. The van der Waals surface area contributed by atoms with Crippen LogP contribution in [0.2, 0.25) is 0 Å². The molecule has 1 saturated carbocycles. The minimum absolute atomic E-state index is 0.0961. The van der Waals surface area contributed by atoms with Crippen molar-refractivity contribution in [3.05, 3.63) is 40.8 Å². The maximum Gasteiger partial charge on any atom is 0.259 e. The Morgan fingerprint density at radius 1 is 1.16 bits per heavy atom. The van der Waals surface area contributed by atoms with Crippen molar-refractivity contribution in [1.82, 2.24) is 14.3 Å². The quantitative estimate of drug-likeness (QED) is 0.931. The van der Waals surface area contributed by atoms with Gasteiger partial charge in [0.2, 0.25) is 5.91 Å². The van der Waals surface area contributed by atoms with Gasteiger partial charge < -0.3 is 10.2 Å². The lowest BCUT2D eigenvalue weighted by molar-refractivity contribution is -0.135. The van der Waals surface area contributed by atoms with Gasteiger partial charge >= 0.3 is 0 Å². The highest BCUT2D eigenvalue weighted by atomic mass is 16.2. The molecule has 1 saturated heterocycles. The van der Waals surface area contributed by atoms with E-state index in [2.05, 4.69) is 10.3 Å². The molecule has 25 heavy (non-hydrogen) atoms. The van der Waals surface area contributed by atoms with Crippen molar-refractivity contribution in [2.75, 3.05) is 18.4 Å². The lowest BCUT2D eigenvalue weighted by Gasteiger charge is -2.26. The highest BCUT2D eigenvalue weighted by Crippen LogP contribution is 2.27. The lowest BCUT2D eigenvalue weighted by atomic mass is 9.88. The summed E-state index contributed by atoms with van der Waals surface area (Å²) in [6, 6.07) is 7.19. The molecule has 0 bridgehead atoms. The van der Waals surface area contributed by atoms with E-state index in [0.29, 0.717) is 23.9 Å². The van der Waals surface area contributed by atoms with Crippen LogP contribution >= 0.6 is 0 Å². The molecule has 1 aliphatic carbocycles. The number of pyridine rings is 1. The molecule has 132 valence electrons. The normalized spacial score (nSPS) is 21.6. The summed E-state index contributed by atoms with van der Waals surface area (Å²) in [5.74, 6) is 1.12. The summed E-state index contributed by atoms with van der Waals surface area (Å²) < 4.78 is 1.53. The highest BCUT2D eigenvalue weighted by molar-refractivity contribution is 5.79. The Labute approximate surface area is 146 Å². The van der Waals surface area contributed by atoms with Crippen molar-refractivity contribution in [2.45, 2.75) is 44.6 Å². The number of fused-ring (bicyclic) bond motifs is 1. The Kier molecular flexibility index (Phi) is 4.42. The Hall–Kier alpha value is -2.37. The van der Waals surface area contributed by atoms with Gasteiger partial charge in [-0.05, 0) is 31.4 Å². The second kappa shape index (κ2) is 6.86. The van der Waals surface area contributed by atoms with E-state index < -0.39 is 0 Å². The molecule has 6 heteroatoms. The van der Waals surface area contributed by atoms with E-state index in [1.165, 1.54) is 29.7 Å². The zero-order chi connectivity index (χ0) is 17.2. The summed E-state index contributed by atoms with van der Waals surface area (Å²) in [4.78, 5) is 31.3. The third-order valence-corrected chi connectivity index (χ3v) is 5.38. The van der Waals surface area contributed by atoms with Crippen LogP contribution in [0.4, 0.5) is 5.82 Å². The predicted octanol–water partition coefficient (Wildman–Crippen LogP) is 2.29. The second-order valence-electron chi connectivity index (χ2n) is 7.16. The smallest absolute Gasteiger partial charge is 0.259 e. The van der Waals surface area contributed by atoms with Crippen LogP contribution in [0, 0.1) is 5.92 Å². The molecule has 0 radical (unpaired) electrons. The molecular formula is C19H24N4O2. The van der Waals surface area contributed by atoms with Crippen LogP contribution in [-0.4, -0.2) is 39.3 Å². The number of carbonyl (C=O) groups excluding carboxylic acids is 1. The van der Waals surface area contributed by atoms with Crippen LogP contribution in [0.5, 0.6) is 0 Å². The lowest BCUT2D eigenvalue weighted by Crippen LogP contribution is -2.37. The van der Waals surface area contributed by atoms with Crippen LogP contribution in [0.25, 0.3) is 5.65 Å². The summed E-state index contributed by atoms with van der Waals surface area (Å²) in [5.41, 5.74) is 0.534. The first-order chi connectivity index (χ1) is 12.2. The van der Waals surface area contributed by atoms with Gasteiger partial charge in [0, 0.05) is 37.3 Å². The molecule has 6 nitrogen and oxygen atoms in total. The maximum atomic E-state index is 12.7. The van der Waals surface area contributed by atoms with Crippen molar-refractivity contribution >= 4 is 17.4 Å². The zero-order valence-electron chi connectivity index (χ0n) is 14.4. The van der Waals surface area contributed by atoms with Crippen molar-refractivity contribution in [3.8, 4) is 0 Å². The van der Waals surface area contributed by atoms with Gasteiger partial charge in [-0.25, -0.2) is 4.98 Å².